The quantitative estimate of drug-likeness (QED) is 0.881. The average molecular weight is 352 g/mol. The van der Waals surface area contributed by atoms with E-state index < -0.39 is 0 Å². The van der Waals surface area contributed by atoms with E-state index in [2.05, 4.69) is 33.9 Å². The van der Waals surface area contributed by atoms with E-state index in [4.69, 9.17) is 11.6 Å². The van der Waals surface area contributed by atoms with Gasteiger partial charge in [0.15, 0.2) is 0 Å². The van der Waals surface area contributed by atoms with Crippen LogP contribution in [0, 0.1) is 0 Å². The van der Waals surface area contributed by atoms with Crippen molar-refractivity contribution < 1.29 is 5.11 Å². The summed E-state index contributed by atoms with van der Waals surface area (Å²) in [7, 11) is 2.21. The second-order valence-electron chi connectivity index (χ2n) is 7.30. The number of hydrogen-bond donors (Lipinski definition) is 1. The molecule has 0 amide bonds. The zero-order chi connectivity index (χ0) is 16.9. The van der Waals surface area contributed by atoms with Crippen LogP contribution < -0.4 is 0 Å². The molecule has 0 aliphatic carbocycles. The zero-order valence-corrected chi connectivity index (χ0v) is 15.5. The van der Waals surface area contributed by atoms with Crippen molar-refractivity contribution in [3.8, 4) is 0 Å². The van der Waals surface area contributed by atoms with Crippen LogP contribution in [-0.4, -0.2) is 78.3 Å². The van der Waals surface area contributed by atoms with Crippen LogP contribution in [0.25, 0.3) is 0 Å². The maximum absolute atomic E-state index is 9.52. The van der Waals surface area contributed by atoms with Gasteiger partial charge < -0.3 is 10.0 Å². The molecular weight excluding hydrogens is 322 g/mol. The molecule has 1 aromatic carbocycles. The van der Waals surface area contributed by atoms with Gasteiger partial charge in [-0.25, -0.2) is 0 Å². The maximum Gasteiger partial charge on any atom is 0.0446 e. The van der Waals surface area contributed by atoms with Gasteiger partial charge in [-0.05, 0) is 57.1 Å². The van der Waals surface area contributed by atoms with Crippen LogP contribution in [0.15, 0.2) is 24.3 Å². The first-order valence-corrected chi connectivity index (χ1v) is 9.55. The fraction of sp³-hybridized carbons (Fsp3) is 0.684. The Kier molecular flexibility index (Phi) is 6.53. The number of halogens is 1. The summed E-state index contributed by atoms with van der Waals surface area (Å²) in [5.41, 5.74) is 1.28. The predicted octanol–water partition coefficient (Wildman–Crippen LogP) is 2.30. The highest BCUT2D eigenvalue weighted by Crippen LogP contribution is 2.24. The third kappa shape index (κ3) is 4.70. The molecule has 3 rings (SSSR count). The molecule has 0 bridgehead atoms. The second-order valence-corrected chi connectivity index (χ2v) is 7.74. The van der Waals surface area contributed by atoms with E-state index in [1.54, 1.807) is 0 Å². The minimum absolute atomic E-state index is 0.277. The molecular formula is C19H30ClN3O. The van der Waals surface area contributed by atoms with Gasteiger partial charge in [-0.2, -0.15) is 0 Å². The van der Waals surface area contributed by atoms with Gasteiger partial charge in [0, 0.05) is 49.9 Å². The lowest BCUT2D eigenvalue weighted by Gasteiger charge is -2.47. The molecule has 1 aromatic rings. The second kappa shape index (κ2) is 8.63. The number of hydrogen-bond acceptors (Lipinski definition) is 4. The standard InChI is InChI=1S/C19H30ClN3O/c1-21-8-5-18(6-9-21)23-11-10-22(15-19(23)7-12-24)14-16-3-2-4-17(20)13-16/h2-4,13,18-19,24H,5-12,14-15H2,1H3. The Morgan fingerprint density at radius 3 is 2.67 bits per heavy atom. The van der Waals surface area contributed by atoms with Gasteiger partial charge in [0.1, 0.15) is 0 Å². The third-order valence-corrected chi connectivity index (χ3v) is 5.76. The van der Waals surface area contributed by atoms with Crippen LogP contribution >= 0.6 is 11.6 Å². The summed E-state index contributed by atoms with van der Waals surface area (Å²) in [6, 6.07) is 9.32. The topological polar surface area (TPSA) is 30.0 Å². The van der Waals surface area contributed by atoms with E-state index in [0.717, 1.165) is 37.6 Å². The molecule has 1 unspecified atom stereocenters. The Hall–Kier alpha value is -0.650. The van der Waals surface area contributed by atoms with Crippen LogP contribution in [0.1, 0.15) is 24.8 Å². The molecule has 0 saturated carbocycles. The van der Waals surface area contributed by atoms with Crippen molar-refractivity contribution >= 4 is 11.6 Å². The Bertz CT molecular complexity index is 519. The summed E-state index contributed by atoms with van der Waals surface area (Å²) < 4.78 is 0. The SMILES string of the molecule is CN1CCC(N2CCN(Cc3cccc(Cl)c3)CC2CCO)CC1. The normalized spacial score (nSPS) is 25.2. The first kappa shape index (κ1) is 18.2. The van der Waals surface area contributed by atoms with Crippen molar-refractivity contribution in [2.75, 3.05) is 46.4 Å². The fourth-order valence-corrected chi connectivity index (χ4v) is 4.40. The molecule has 0 spiro atoms. The number of piperazine rings is 1. The highest BCUT2D eigenvalue weighted by molar-refractivity contribution is 6.30. The minimum atomic E-state index is 0.277. The lowest BCUT2D eigenvalue weighted by atomic mass is 9.98. The summed E-state index contributed by atoms with van der Waals surface area (Å²) in [6.45, 7) is 6.86. The minimum Gasteiger partial charge on any atom is -0.396 e. The number of nitrogens with zero attached hydrogens (tertiary/aromatic N) is 3. The van der Waals surface area contributed by atoms with Gasteiger partial charge in [0.2, 0.25) is 0 Å². The lowest BCUT2D eigenvalue weighted by Crippen LogP contribution is -2.58. The third-order valence-electron chi connectivity index (χ3n) is 5.53. The molecule has 5 heteroatoms. The molecule has 2 saturated heterocycles. The summed E-state index contributed by atoms with van der Waals surface area (Å²) in [5.74, 6) is 0. The van der Waals surface area contributed by atoms with Crippen LogP contribution in [0.2, 0.25) is 5.02 Å². The number of aliphatic hydroxyl groups is 1. The number of likely N-dealkylation sites (tertiary alicyclic amines) is 1. The highest BCUT2D eigenvalue weighted by Gasteiger charge is 2.32. The molecule has 24 heavy (non-hydrogen) atoms. The largest absolute Gasteiger partial charge is 0.396 e. The molecule has 4 nitrogen and oxygen atoms in total. The molecule has 2 fully saturated rings. The van der Waals surface area contributed by atoms with E-state index in [-0.39, 0.29) is 6.61 Å². The van der Waals surface area contributed by atoms with Crippen molar-refractivity contribution in [3.05, 3.63) is 34.9 Å². The Morgan fingerprint density at radius 1 is 1.17 bits per heavy atom. The summed E-state index contributed by atoms with van der Waals surface area (Å²) in [6.07, 6.45) is 3.39. The van der Waals surface area contributed by atoms with Gasteiger partial charge in [0.05, 0.1) is 0 Å². The van der Waals surface area contributed by atoms with Gasteiger partial charge in [-0.15, -0.1) is 0 Å². The molecule has 1 N–H and O–H groups in total. The van der Waals surface area contributed by atoms with Gasteiger partial charge >= 0.3 is 0 Å². The van der Waals surface area contributed by atoms with E-state index in [0.29, 0.717) is 12.1 Å². The molecule has 2 heterocycles. The number of benzene rings is 1. The first-order chi connectivity index (χ1) is 11.7. The number of rotatable bonds is 5. The molecule has 0 radical (unpaired) electrons. The molecule has 134 valence electrons. The molecule has 0 aromatic heterocycles. The van der Waals surface area contributed by atoms with Crippen LogP contribution in [0.3, 0.4) is 0 Å². The highest BCUT2D eigenvalue weighted by atomic mass is 35.5. The van der Waals surface area contributed by atoms with Crippen molar-refractivity contribution in [3.63, 3.8) is 0 Å². The number of aliphatic hydroxyl groups excluding tert-OH is 1. The Labute approximate surface area is 151 Å². The van der Waals surface area contributed by atoms with Crippen molar-refractivity contribution in [2.24, 2.45) is 0 Å². The first-order valence-electron chi connectivity index (χ1n) is 9.17. The van der Waals surface area contributed by atoms with Crippen molar-refractivity contribution in [1.82, 2.24) is 14.7 Å². The van der Waals surface area contributed by atoms with Crippen molar-refractivity contribution in [2.45, 2.75) is 37.9 Å². The summed E-state index contributed by atoms with van der Waals surface area (Å²) in [5, 5.41) is 10.3. The Morgan fingerprint density at radius 2 is 1.96 bits per heavy atom. The van der Waals surface area contributed by atoms with Crippen LogP contribution in [0.5, 0.6) is 0 Å². The van der Waals surface area contributed by atoms with E-state index in [1.165, 1.54) is 31.5 Å². The monoisotopic (exact) mass is 351 g/mol. The summed E-state index contributed by atoms with van der Waals surface area (Å²) in [4.78, 5) is 7.61. The smallest absolute Gasteiger partial charge is 0.0446 e. The van der Waals surface area contributed by atoms with Crippen molar-refractivity contribution in [1.29, 1.82) is 0 Å². The molecule has 1 atom stereocenters. The Balaban J connectivity index is 1.60. The van der Waals surface area contributed by atoms with E-state index in [9.17, 15) is 5.11 Å². The van der Waals surface area contributed by atoms with E-state index >= 15 is 0 Å². The molecule has 2 aliphatic heterocycles. The fourth-order valence-electron chi connectivity index (χ4n) is 4.18. The predicted molar refractivity (Wildman–Crippen MR) is 99.4 cm³/mol. The van der Waals surface area contributed by atoms with Gasteiger partial charge in [-0.3, -0.25) is 9.80 Å². The van der Waals surface area contributed by atoms with Crippen LogP contribution in [-0.2, 0) is 6.54 Å². The number of piperidine rings is 1. The summed E-state index contributed by atoms with van der Waals surface area (Å²) >= 11 is 6.11. The zero-order valence-electron chi connectivity index (χ0n) is 14.7. The lowest BCUT2D eigenvalue weighted by molar-refractivity contribution is 0.00600. The average Bonchev–Trinajstić information content (AvgIpc) is 2.57. The van der Waals surface area contributed by atoms with Gasteiger partial charge in [0.25, 0.3) is 0 Å². The van der Waals surface area contributed by atoms with Gasteiger partial charge in [-0.1, -0.05) is 23.7 Å². The maximum atomic E-state index is 9.52. The van der Waals surface area contributed by atoms with Crippen LogP contribution in [0.4, 0.5) is 0 Å². The van der Waals surface area contributed by atoms with E-state index in [1.807, 2.05) is 12.1 Å². The molecule has 2 aliphatic rings.